The van der Waals surface area contributed by atoms with Gasteiger partial charge in [0.05, 0.1) is 4.90 Å². The van der Waals surface area contributed by atoms with Crippen LogP contribution in [0.2, 0.25) is 0 Å². The van der Waals surface area contributed by atoms with Crippen molar-refractivity contribution in [3.8, 4) is 0 Å². The molecule has 1 N–H and O–H groups in total. The molecule has 2 aromatic carbocycles. The molecule has 3 rings (SSSR count). The Morgan fingerprint density at radius 3 is 2.18 bits per heavy atom. The standard InChI is InChI=1S/C20H21F3N2O2S/c1-13-3-5-15(6-4-13)28(26,27)25-24-14-9-11-20(2,12-10-14)16-7-8-17(21)19(23)18(16)22/h3-8,25H,9-12H2,1-2H3. The van der Waals surface area contributed by atoms with Crippen LogP contribution in [0.5, 0.6) is 0 Å². The molecule has 0 spiro atoms. The summed E-state index contributed by atoms with van der Waals surface area (Å²) in [6.07, 6.45) is 1.73. The summed E-state index contributed by atoms with van der Waals surface area (Å²) in [4.78, 5) is 2.35. The van der Waals surface area contributed by atoms with Crippen LogP contribution in [-0.2, 0) is 15.4 Å². The van der Waals surface area contributed by atoms with E-state index in [1.54, 1.807) is 19.1 Å². The summed E-state index contributed by atoms with van der Waals surface area (Å²) in [6, 6.07) is 8.60. The first-order valence-corrected chi connectivity index (χ1v) is 10.4. The Hall–Kier alpha value is -2.35. The monoisotopic (exact) mass is 410 g/mol. The number of sulfonamides is 1. The zero-order valence-corrected chi connectivity index (χ0v) is 16.4. The average Bonchev–Trinajstić information content (AvgIpc) is 2.66. The summed E-state index contributed by atoms with van der Waals surface area (Å²) in [6.45, 7) is 3.65. The van der Waals surface area contributed by atoms with Crippen molar-refractivity contribution in [3.05, 3.63) is 65.0 Å². The lowest BCUT2D eigenvalue weighted by Gasteiger charge is -2.35. The normalized spacial score (nSPS) is 20.1. The molecule has 0 heterocycles. The smallest absolute Gasteiger partial charge is 0.204 e. The maximum Gasteiger partial charge on any atom is 0.276 e. The molecule has 0 aliphatic heterocycles. The molecule has 1 aliphatic carbocycles. The Kier molecular flexibility index (Phi) is 5.52. The van der Waals surface area contributed by atoms with Gasteiger partial charge in [-0.2, -0.15) is 13.5 Å². The zero-order valence-electron chi connectivity index (χ0n) is 15.6. The summed E-state index contributed by atoms with van der Waals surface area (Å²) < 4.78 is 65.5. The van der Waals surface area contributed by atoms with E-state index in [-0.39, 0.29) is 10.5 Å². The third kappa shape index (κ3) is 4.06. The predicted molar refractivity (Wildman–Crippen MR) is 101 cm³/mol. The van der Waals surface area contributed by atoms with Gasteiger partial charge >= 0.3 is 0 Å². The Balaban J connectivity index is 1.71. The molecule has 0 unspecified atom stereocenters. The lowest BCUT2D eigenvalue weighted by atomic mass is 9.70. The number of benzene rings is 2. The highest BCUT2D eigenvalue weighted by Crippen LogP contribution is 2.40. The molecule has 1 aliphatic rings. The van der Waals surface area contributed by atoms with Gasteiger partial charge in [0.25, 0.3) is 10.0 Å². The van der Waals surface area contributed by atoms with E-state index in [2.05, 4.69) is 9.93 Å². The van der Waals surface area contributed by atoms with Crippen molar-refractivity contribution in [2.24, 2.45) is 5.10 Å². The zero-order chi connectivity index (χ0) is 20.5. The maximum atomic E-state index is 14.2. The third-order valence-electron chi connectivity index (χ3n) is 5.27. The van der Waals surface area contributed by atoms with Crippen LogP contribution >= 0.6 is 0 Å². The Morgan fingerprint density at radius 2 is 1.57 bits per heavy atom. The van der Waals surface area contributed by atoms with E-state index in [4.69, 9.17) is 0 Å². The van der Waals surface area contributed by atoms with E-state index >= 15 is 0 Å². The highest BCUT2D eigenvalue weighted by atomic mass is 32.2. The Morgan fingerprint density at radius 1 is 0.964 bits per heavy atom. The molecule has 0 saturated heterocycles. The van der Waals surface area contributed by atoms with Crippen molar-refractivity contribution in [2.45, 2.75) is 49.8 Å². The van der Waals surface area contributed by atoms with Crippen molar-refractivity contribution in [2.75, 3.05) is 0 Å². The number of nitrogens with one attached hydrogen (secondary N) is 1. The van der Waals surface area contributed by atoms with Crippen molar-refractivity contribution >= 4 is 15.7 Å². The van der Waals surface area contributed by atoms with Gasteiger partial charge in [0, 0.05) is 5.71 Å². The predicted octanol–water partition coefficient (Wildman–Crippen LogP) is 4.58. The van der Waals surface area contributed by atoms with Gasteiger partial charge in [0.1, 0.15) is 0 Å². The molecule has 0 amide bonds. The van der Waals surface area contributed by atoms with Crippen LogP contribution in [0.4, 0.5) is 13.2 Å². The van der Waals surface area contributed by atoms with Gasteiger partial charge in [0.2, 0.25) is 0 Å². The van der Waals surface area contributed by atoms with Crippen LogP contribution < -0.4 is 4.83 Å². The van der Waals surface area contributed by atoms with Gasteiger partial charge < -0.3 is 0 Å². The SMILES string of the molecule is Cc1ccc(S(=O)(=O)NN=C2CCC(C)(c3ccc(F)c(F)c3F)CC2)cc1. The lowest BCUT2D eigenvalue weighted by Crippen LogP contribution is -2.31. The average molecular weight is 410 g/mol. The molecule has 28 heavy (non-hydrogen) atoms. The summed E-state index contributed by atoms with van der Waals surface area (Å²) in [7, 11) is -3.76. The molecule has 2 aromatic rings. The Bertz CT molecular complexity index is 1010. The van der Waals surface area contributed by atoms with E-state index in [9.17, 15) is 21.6 Å². The molecule has 0 aromatic heterocycles. The van der Waals surface area contributed by atoms with Gasteiger partial charge in [-0.25, -0.2) is 18.0 Å². The second kappa shape index (κ2) is 7.58. The summed E-state index contributed by atoms with van der Waals surface area (Å²) in [5.74, 6) is -3.85. The van der Waals surface area contributed by atoms with Gasteiger partial charge in [-0.1, -0.05) is 30.7 Å². The van der Waals surface area contributed by atoms with Crippen LogP contribution in [0.25, 0.3) is 0 Å². The summed E-state index contributed by atoms with van der Waals surface area (Å²) >= 11 is 0. The third-order valence-corrected chi connectivity index (χ3v) is 6.50. The fourth-order valence-electron chi connectivity index (χ4n) is 3.36. The number of hydrogen-bond donors (Lipinski definition) is 1. The molecular weight excluding hydrogens is 389 g/mol. The van der Waals surface area contributed by atoms with Gasteiger partial charge in [-0.05, 0) is 61.8 Å². The van der Waals surface area contributed by atoms with E-state index in [1.807, 2.05) is 6.92 Å². The van der Waals surface area contributed by atoms with Gasteiger partial charge in [-0.15, -0.1) is 0 Å². The number of hydrogen-bond acceptors (Lipinski definition) is 3. The molecule has 1 saturated carbocycles. The number of aryl methyl sites for hydroxylation is 1. The van der Waals surface area contributed by atoms with Gasteiger partial charge in [0.15, 0.2) is 17.5 Å². The van der Waals surface area contributed by atoms with Crippen LogP contribution in [0.3, 0.4) is 0 Å². The number of halogens is 3. The highest BCUT2D eigenvalue weighted by Gasteiger charge is 2.35. The van der Waals surface area contributed by atoms with Crippen LogP contribution in [-0.4, -0.2) is 14.1 Å². The summed E-state index contributed by atoms with van der Waals surface area (Å²) in [5.41, 5.74) is 1.04. The van der Waals surface area contributed by atoms with Crippen molar-refractivity contribution in [1.29, 1.82) is 0 Å². The fraction of sp³-hybridized carbons (Fsp3) is 0.350. The van der Waals surface area contributed by atoms with Crippen molar-refractivity contribution in [3.63, 3.8) is 0 Å². The minimum Gasteiger partial charge on any atom is -0.204 e. The number of hydrazone groups is 1. The molecule has 0 bridgehead atoms. The second-order valence-corrected chi connectivity index (χ2v) is 9.03. The van der Waals surface area contributed by atoms with Crippen LogP contribution in [0.15, 0.2) is 46.4 Å². The Labute approximate surface area is 162 Å². The lowest BCUT2D eigenvalue weighted by molar-refractivity contribution is 0.358. The molecule has 8 heteroatoms. The molecular formula is C20H21F3N2O2S. The second-order valence-electron chi connectivity index (χ2n) is 7.37. The quantitative estimate of drug-likeness (QED) is 0.593. The first-order valence-electron chi connectivity index (χ1n) is 8.90. The van der Waals surface area contributed by atoms with Gasteiger partial charge in [-0.3, -0.25) is 0 Å². The molecule has 4 nitrogen and oxygen atoms in total. The number of nitrogens with zero attached hydrogens (tertiary/aromatic N) is 1. The molecule has 0 atom stereocenters. The van der Waals surface area contributed by atoms with Crippen molar-refractivity contribution in [1.82, 2.24) is 4.83 Å². The van der Waals surface area contributed by atoms with E-state index < -0.39 is 32.9 Å². The van der Waals surface area contributed by atoms with E-state index in [0.29, 0.717) is 31.4 Å². The molecule has 150 valence electrons. The topological polar surface area (TPSA) is 58.5 Å². The number of rotatable bonds is 4. The first kappa shape index (κ1) is 20.4. The summed E-state index contributed by atoms with van der Waals surface area (Å²) in [5, 5.41) is 4.02. The fourth-order valence-corrected chi connectivity index (χ4v) is 4.21. The first-order chi connectivity index (χ1) is 13.1. The highest BCUT2D eigenvalue weighted by molar-refractivity contribution is 7.89. The molecule has 0 radical (unpaired) electrons. The van der Waals surface area contributed by atoms with E-state index in [0.717, 1.165) is 11.6 Å². The van der Waals surface area contributed by atoms with Crippen molar-refractivity contribution < 1.29 is 21.6 Å². The van der Waals surface area contributed by atoms with Crippen LogP contribution in [0.1, 0.15) is 43.7 Å². The minimum atomic E-state index is -3.76. The largest absolute Gasteiger partial charge is 0.276 e. The molecule has 1 fully saturated rings. The maximum absolute atomic E-state index is 14.2. The minimum absolute atomic E-state index is 0.118. The van der Waals surface area contributed by atoms with E-state index in [1.165, 1.54) is 18.2 Å². The van der Waals surface area contributed by atoms with Crippen LogP contribution in [0, 0.1) is 24.4 Å².